The lowest BCUT2D eigenvalue weighted by atomic mass is 9.34. The van der Waals surface area contributed by atoms with E-state index < -0.39 is 0 Å². The quantitative estimate of drug-likeness (QED) is 0.161. The van der Waals surface area contributed by atoms with Crippen LogP contribution in [0.15, 0.2) is 164 Å². The van der Waals surface area contributed by atoms with Crippen molar-refractivity contribution in [1.29, 1.82) is 0 Å². The van der Waals surface area contributed by atoms with Crippen LogP contribution in [0.1, 0.15) is 20.9 Å². The van der Waals surface area contributed by atoms with Crippen LogP contribution in [0.4, 0.5) is 49.8 Å². The van der Waals surface area contributed by atoms with Crippen molar-refractivity contribution in [2.45, 2.75) is 27.7 Å². The second-order valence-electron chi connectivity index (χ2n) is 17.7. The second-order valence-corrected chi connectivity index (χ2v) is 21.2. The summed E-state index contributed by atoms with van der Waals surface area (Å²) in [6, 6.07) is 58.9. The Morgan fingerprint density at radius 1 is 0.455 bits per heavy atom. The molecule has 66 heavy (non-hydrogen) atoms. The van der Waals surface area contributed by atoms with Crippen molar-refractivity contribution in [2.75, 3.05) is 14.7 Å². The summed E-state index contributed by atoms with van der Waals surface area (Å²) in [6.07, 6.45) is 0. The molecule has 0 saturated carbocycles. The molecule has 14 rings (SSSR count). The lowest BCUT2D eigenvalue weighted by molar-refractivity contribution is 0.485. The molecule has 0 fully saturated rings. The van der Waals surface area contributed by atoms with Gasteiger partial charge in [-0.2, -0.15) is 0 Å². The Labute approximate surface area is 396 Å². The number of hydrogen-bond acceptors (Lipinski definition) is 8. The highest BCUT2D eigenvalue weighted by Gasteiger charge is 2.48. The molecule has 5 nitrogen and oxygen atoms in total. The third-order valence-electron chi connectivity index (χ3n) is 14.1. The van der Waals surface area contributed by atoms with Gasteiger partial charge in [0.15, 0.2) is 0 Å². The molecule has 3 aromatic heterocycles. The molecule has 10 heteroatoms. The first-order valence-corrected chi connectivity index (χ1v) is 24.9. The molecule has 0 bridgehead atoms. The number of thiophene rings is 3. The van der Waals surface area contributed by atoms with Crippen LogP contribution >= 0.6 is 34.0 Å². The lowest BCUT2D eigenvalue weighted by Gasteiger charge is -2.38. The van der Waals surface area contributed by atoms with Gasteiger partial charge in [0.25, 0.3) is 13.4 Å². The maximum atomic E-state index is 7.21. The highest BCUT2D eigenvalue weighted by Crippen LogP contribution is 2.50. The molecule has 0 N–H and O–H groups in total. The summed E-state index contributed by atoms with van der Waals surface area (Å²) >= 11 is 5.67. The smallest absolute Gasteiger partial charge is 0.270 e. The first kappa shape index (κ1) is 38.3. The Hall–Kier alpha value is -6.97. The van der Waals surface area contributed by atoms with Gasteiger partial charge < -0.3 is 24.2 Å². The fraction of sp³-hybridized carbons (Fsp3) is 0.0714. The van der Waals surface area contributed by atoms with E-state index in [1.807, 2.05) is 34.0 Å². The molecule has 7 aromatic carbocycles. The number of nitrogens with zero attached hydrogens (tertiary/aromatic N) is 3. The van der Waals surface area contributed by atoms with Crippen molar-refractivity contribution in [3.8, 4) is 23.0 Å². The second kappa shape index (κ2) is 14.3. The van der Waals surface area contributed by atoms with Gasteiger partial charge in [-0.1, -0.05) is 72.8 Å². The summed E-state index contributed by atoms with van der Waals surface area (Å²) < 4.78 is 16.7. The van der Waals surface area contributed by atoms with Crippen LogP contribution in [0.2, 0.25) is 0 Å². The van der Waals surface area contributed by atoms with Crippen LogP contribution in [0, 0.1) is 27.7 Å². The molecule has 0 spiro atoms. The van der Waals surface area contributed by atoms with Gasteiger partial charge in [0, 0.05) is 64.4 Å². The Balaban J connectivity index is 0.930. The highest BCUT2D eigenvalue weighted by atomic mass is 32.1. The summed E-state index contributed by atoms with van der Waals surface area (Å²) in [5.74, 6) is 3.68. The van der Waals surface area contributed by atoms with Gasteiger partial charge >= 0.3 is 0 Å². The van der Waals surface area contributed by atoms with Crippen molar-refractivity contribution in [2.24, 2.45) is 0 Å². The topological polar surface area (TPSA) is 28.2 Å². The van der Waals surface area contributed by atoms with Gasteiger partial charge in [0.1, 0.15) is 23.0 Å². The minimum Gasteiger partial charge on any atom is -0.458 e. The van der Waals surface area contributed by atoms with E-state index in [1.54, 1.807) is 0 Å². The number of fused-ring (bicyclic) bond motifs is 10. The van der Waals surface area contributed by atoms with Crippen molar-refractivity contribution in [3.63, 3.8) is 0 Å². The number of ether oxygens (including phenoxy) is 2. The fourth-order valence-electron chi connectivity index (χ4n) is 11.0. The number of anilines is 9. The Morgan fingerprint density at radius 2 is 0.985 bits per heavy atom. The first-order valence-electron chi connectivity index (χ1n) is 22.5. The van der Waals surface area contributed by atoms with E-state index in [-0.39, 0.29) is 13.4 Å². The highest BCUT2D eigenvalue weighted by molar-refractivity contribution is 7.34. The molecular weight excluding hydrogens is 864 g/mol. The Bertz CT molecular complexity index is 3600. The molecule has 0 radical (unpaired) electrons. The SMILES string of the molecule is Cc1sc2c(c1C)B1c3cc4sc5c(c4cc3Oc3cccc(c31)N2c1ccccc1)Oc1cccc2c1B5c1c(sc(C)c1C)N2c1cccc(N(c2ccccc2)c2ccccc2)c1. The lowest BCUT2D eigenvalue weighted by Crippen LogP contribution is -2.59. The molecule has 0 aliphatic carbocycles. The standard InChI is InChI=1S/C56H39B2N3O2S3/c1-32-34(3)64-55-49(32)57-42-31-48-41(30-47(42)62-45-27-15-25-43(51(45)57)60(55)38-21-12-7-13-22-38)53-54(66-48)58-50-33(2)35(4)65-56(50)61(44-26-16-28-46(63-53)52(44)58)40-24-14-23-39(29-40)59(36-17-8-5-9-18-36)37-19-10-6-11-20-37/h5-31H,1-4H3. The number of hydrogen-bond donors (Lipinski definition) is 0. The normalized spacial score (nSPS) is 13.6. The minimum absolute atomic E-state index is 0.0195. The largest absolute Gasteiger partial charge is 0.458 e. The van der Waals surface area contributed by atoms with E-state index in [4.69, 9.17) is 9.47 Å². The van der Waals surface area contributed by atoms with Crippen LogP contribution in [-0.4, -0.2) is 13.4 Å². The third kappa shape index (κ3) is 5.34. The number of benzene rings is 7. The van der Waals surface area contributed by atoms with E-state index in [0.29, 0.717) is 0 Å². The van der Waals surface area contributed by atoms with Crippen molar-refractivity contribution < 1.29 is 9.47 Å². The molecule has 7 heterocycles. The van der Waals surface area contributed by atoms with E-state index >= 15 is 0 Å². The van der Waals surface area contributed by atoms with Gasteiger partial charge in [-0.05, 0) is 157 Å². The van der Waals surface area contributed by atoms with Crippen LogP contribution in [0.5, 0.6) is 23.0 Å². The van der Waals surface area contributed by atoms with Crippen LogP contribution < -0.4 is 56.3 Å². The summed E-state index contributed by atoms with van der Waals surface area (Å²) in [6.45, 7) is 9.22. The summed E-state index contributed by atoms with van der Waals surface area (Å²) in [5, 5.41) is 3.66. The predicted octanol–water partition coefficient (Wildman–Crippen LogP) is 12.5. The number of rotatable bonds is 5. The zero-order chi connectivity index (χ0) is 43.9. The van der Waals surface area contributed by atoms with Gasteiger partial charge in [-0.3, -0.25) is 0 Å². The zero-order valence-corrected chi connectivity index (χ0v) is 39.1. The van der Waals surface area contributed by atoms with Gasteiger partial charge in [0.2, 0.25) is 0 Å². The Morgan fingerprint density at radius 3 is 1.64 bits per heavy atom. The average Bonchev–Trinajstić information content (AvgIpc) is 3.97. The van der Waals surface area contributed by atoms with Crippen LogP contribution in [0.3, 0.4) is 0 Å². The Kier molecular flexibility index (Phi) is 8.28. The molecule has 0 saturated heterocycles. The first-order chi connectivity index (χ1) is 32.4. The molecule has 0 unspecified atom stereocenters. The van der Waals surface area contributed by atoms with Crippen LogP contribution in [-0.2, 0) is 0 Å². The van der Waals surface area contributed by atoms with Gasteiger partial charge in [-0.25, -0.2) is 0 Å². The van der Waals surface area contributed by atoms with Crippen molar-refractivity contribution in [1.82, 2.24) is 0 Å². The molecule has 314 valence electrons. The van der Waals surface area contributed by atoms with Crippen LogP contribution in [0.25, 0.3) is 10.1 Å². The number of para-hydroxylation sites is 3. The molecular formula is C56H39B2N3O2S3. The monoisotopic (exact) mass is 903 g/mol. The van der Waals surface area contributed by atoms with Crippen molar-refractivity contribution in [3.05, 3.63) is 185 Å². The zero-order valence-electron chi connectivity index (χ0n) is 36.6. The van der Waals surface area contributed by atoms with E-state index in [2.05, 4.69) is 206 Å². The van der Waals surface area contributed by atoms with E-state index in [1.165, 1.54) is 73.4 Å². The molecule has 0 amide bonds. The average molecular weight is 904 g/mol. The number of aryl methyl sites for hydroxylation is 2. The maximum absolute atomic E-state index is 7.21. The molecule has 0 atom stereocenters. The summed E-state index contributed by atoms with van der Waals surface area (Å²) in [7, 11) is 0. The third-order valence-corrected chi connectivity index (χ3v) is 17.8. The molecule has 10 aromatic rings. The van der Waals surface area contributed by atoms with Gasteiger partial charge in [-0.15, -0.1) is 34.0 Å². The summed E-state index contributed by atoms with van der Waals surface area (Å²) in [5.41, 5.74) is 17.0. The van der Waals surface area contributed by atoms with Gasteiger partial charge in [0.05, 0.1) is 10.0 Å². The molecule has 4 aliphatic heterocycles. The van der Waals surface area contributed by atoms with Crippen molar-refractivity contribution >= 4 is 139 Å². The fourth-order valence-corrected chi connectivity index (χ4v) is 14.7. The van der Waals surface area contributed by atoms with E-state index in [9.17, 15) is 0 Å². The summed E-state index contributed by atoms with van der Waals surface area (Å²) in [4.78, 5) is 9.95. The van der Waals surface area contributed by atoms with E-state index in [0.717, 1.165) is 62.5 Å². The predicted molar refractivity (Wildman–Crippen MR) is 283 cm³/mol. The minimum atomic E-state index is 0.0195. The molecule has 4 aliphatic rings. The maximum Gasteiger partial charge on any atom is 0.270 e.